The van der Waals surface area contributed by atoms with Crippen molar-refractivity contribution < 1.29 is 4.79 Å². The van der Waals surface area contributed by atoms with Crippen molar-refractivity contribution in [2.45, 2.75) is 45.6 Å². The van der Waals surface area contributed by atoms with E-state index in [0.717, 1.165) is 31.2 Å². The number of hydrogen-bond donors (Lipinski definition) is 2. The van der Waals surface area contributed by atoms with Gasteiger partial charge in [0.2, 0.25) is 0 Å². The van der Waals surface area contributed by atoms with Gasteiger partial charge in [0.1, 0.15) is 5.82 Å². The first-order valence-corrected chi connectivity index (χ1v) is 10.6. The Bertz CT molecular complexity index is 1040. The summed E-state index contributed by atoms with van der Waals surface area (Å²) in [6.07, 6.45) is 3.91. The molecule has 6 nitrogen and oxygen atoms in total. The number of hydrogen-bond acceptors (Lipinski definition) is 4. The molecule has 0 radical (unpaired) electrons. The fraction of sp³-hybridized carbons (Fsp3) is 0.375. The lowest BCUT2D eigenvalue weighted by atomic mass is 10.1. The number of amides is 1. The minimum atomic E-state index is -0.356. The zero-order valence-corrected chi connectivity index (χ0v) is 17.7. The lowest BCUT2D eigenvalue weighted by molar-refractivity contribution is 0.0679. The van der Waals surface area contributed by atoms with Crippen LogP contribution in [-0.2, 0) is 0 Å². The van der Waals surface area contributed by atoms with Crippen molar-refractivity contribution in [3.8, 4) is 0 Å². The van der Waals surface area contributed by atoms with Gasteiger partial charge in [0.05, 0.1) is 16.9 Å². The number of nitrogens with one attached hydrogen (secondary N) is 1. The Labute approximate surface area is 177 Å². The third kappa shape index (κ3) is 5.13. The molecule has 1 amide bonds. The highest BCUT2D eigenvalue weighted by molar-refractivity contribution is 5.94. The summed E-state index contributed by atoms with van der Waals surface area (Å²) in [6.45, 7) is 5.19. The van der Waals surface area contributed by atoms with Gasteiger partial charge in [0, 0.05) is 12.1 Å². The number of benzene rings is 2. The molecule has 1 heterocycles. The van der Waals surface area contributed by atoms with Crippen molar-refractivity contribution in [2.75, 3.05) is 13.1 Å². The van der Waals surface area contributed by atoms with Gasteiger partial charge in [0.15, 0.2) is 0 Å². The topological polar surface area (TPSA) is 92.1 Å². The lowest BCUT2D eigenvalue weighted by Gasteiger charge is -2.29. The van der Waals surface area contributed by atoms with E-state index in [0.29, 0.717) is 35.4 Å². The maximum Gasteiger partial charge on any atom is 0.258 e. The van der Waals surface area contributed by atoms with Gasteiger partial charge in [-0.25, -0.2) is 4.98 Å². The maximum atomic E-state index is 13.3. The second kappa shape index (κ2) is 10.2. The van der Waals surface area contributed by atoms with Crippen molar-refractivity contribution in [1.29, 1.82) is 0 Å². The van der Waals surface area contributed by atoms with Crippen molar-refractivity contribution in [3.63, 3.8) is 0 Å². The van der Waals surface area contributed by atoms with Crippen LogP contribution in [0.1, 0.15) is 60.4 Å². The molecular weight excluding hydrogens is 376 g/mol. The second-order valence-corrected chi connectivity index (χ2v) is 7.71. The Morgan fingerprint density at radius 1 is 1.07 bits per heavy atom. The molecule has 6 heteroatoms. The molecule has 3 rings (SSSR count). The van der Waals surface area contributed by atoms with Crippen LogP contribution in [-0.4, -0.2) is 33.9 Å². The molecule has 3 N–H and O–H groups in total. The Morgan fingerprint density at radius 3 is 2.50 bits per heavy atom. The molecule has 0 bridgehead atoms. The zero-order valence-electron chi connectivity index (χ0n) is 17.7. The normalized spacial score (nSPS) is 12.1. The molecule has 1 atom stereocenters. The van der Waals surface area contributed by atoms with Crippen molar-refractivity contribution in [1.82, 2.24) is 14.9 Å². The van der Waals surface area contributed by atoms with Crippen LogP contribution in [0, 0.1) is 6.92 Å². The number of para-hydroxylation sites is 1. The first-order valence-electron chi connectivity index (χ1n) is 10.6. The van der Waals surface area contributed by atoms with Gasteiger partial charge in [-0.05, 0) is 57.5 Å². The molecule has 30 heavy (non-hydrogen) atoms. The summed E-state index contributed by atoms with van der Waals surface area (Å²) in [6, 6.07) is 14.5. The highest BCUT2D eigenvalue weighted by atomic mass is 16.2. The van der Waals surface area contributed by atoms with E-state index < -0.39 is 0 Å². The Morgan fingerprint density at radius 2 is 1.77 bits per heavy atom. The van der Waals surface area contributed by atoms with E-state index in [1.54, 1.807) is 11.0 Å². The molecule has 3 aromatic rings. The van der Waals surface area contributed by atoms with Gasteiger partial charge in [-0.2, -0.15) is 0 Å². The van der Waals surface area contributed by atoms with Crippen molar-refractivity contribution >= 4 is 16.8 Å². The number of unbranched alkanes of at least 4 members (excludes halogenated alkanes) is 3. The maximum absolute atomic E-state index is 13.3. The van der Waals surface area contributed by atoms with Gasteiger partial charge in [-0.1, -0.05) is 42.7 Å². The van der Waals surface area contributed by atoms with Crippen LogP contribution in [0.4, 0.5) is 0 Å². The van der Waals surface area contributed by atoms with E-state index in [1.807, 2.05) is 56.3 Å². The molecular formula is C24H30N4O2. The molecule has 158 valence electrons. The predicted molar refractivity (Wildman–Crippen MR) is 121 cm³/mol. The zero-order chi connectivity index (χ0) is 21.5. The van der Waals surface area contributed by atoms with Crippen LogP contribution in [0.3, 0.4) is 0 Å². The summed E-state index contributed by atoms with van der Waals surface area (Å²) >= 11 is 0. The Kier molecular flexibility index (Phi) is 7.36. The molecule has 2 aromatic carbocycles. The minimum absolute atomic E-state index is 0.0582. The Hall–Kier alpha value is -2.99. The number of aromatic amines is 1. The van der Waals surface area contributed by atoms with Gasteiger partial charge < -0.3 is 15.6 Å². The molecule has 0 aliphatic carbocycles. The first kappa shape index (κ1) is 21.7. The van der Waals surface area contributed by atoms with E-state index in [1.165, 1.54) is 0 Å². The number of rotatable bonds is 9. The summed E-state index contributed by atoms with van der Waals surface area (Å²) in [5.74, 6) is 0.443. The first-order chi connectivity index (χ1) is 14.5. The quantitative estimate of drug-likeness (QED) is 0.526. The van der Waals surface area contributed by atoms with Crippen LogP contribution in [0.15, 0.2) is 53.3 Å². The van der Waals surface area contributed by atoms with Crippen LogP contribution in [0.2, 0.25) is 0 Å². The average Bonchev–Trinajstić information content (AvgIpc) is 2.76. The van der Waals surface area contributed by atoms with Crippen molar-refractivity contribution in [2.24, 2.45) is 5.73 Å². The molecule has 0 fully saturated rings. The third-order valence-corrected chi connectivity index (χ3v) is 5.41. The smallest absolute Gasteiger partial charge is 0.258 e. The standard InChI is InChI=1S/C24H30N4O2/c1-17-11-13-19(14-12-17)24(30)28(16-8-4-3-7-15-25)18(2)22-26-21-10-6-5-9-20(21)23(29)27-22/h5-6,9-14,18H,3-4,7-8,15-16,25H2,1-2H3,(H,26,27,29)/t18-/m1/s1. The largest absolute Gasteiger partial charge is 0.330 e. The molecule has 0 aliphatic heterocycles. The van der Waals surface area contributed by atoms with E-state index in [-0.39, 0.29) is 17.5 Å². The number of carbonyl (C=O) groups is 1. The van der Waals surface area contributed by atoms with Crippen LogP contribution < -0.4 is 11.3 Å². The highest BCUT2D eigenvalue weighted by Gasteiger charge is 2.24. The third-order valence-electron chi connectivity index (χ3n) is 5.41. The fourth-order valence-electron chi connectivity index (χ4n) is 3.56. The van der Waals surface area contributed by atoms with Crippen LogP contribution in [0.5, 0.6) is 0 Å². The molecule has 0 unspecified atom stereocenters. The molecule has 0 spiro atoms. The van der Waals surface area contributed by atoms with Gasteiger partial charge in [-0.15, -0.1) is 0 Å². The van der Waals surface area contributed by atoms with E-state index in [4.69, 9.17) is 5.73 Å². The molecule has 1 aromatic heterocycles. The van der Waals surface area contributed by atoms with Crippen LogP contribution >= 0.6 is 0 Å². The van der Waals surface area contributed by atoms with Crippen LogP contribution in [0.25, 0.3) is 10.9 Å². The fourth-order valence-corrected chi connectivity index (χ4v) is 3.56. The van der Waals surface area contributed by atoms with Gasteiger partial charge in [0.25, 0.3) is 11.5 Å². The highest BCUT2D eigenvalue weighted by Crippen LogP contribution is 2.22. The minimum Gasteiger partial charge on any atom is -0.330 e. The summed E-state index contributed by atoms with van der Waals surface area (Å²) in [4.78, 5) is 35.2. The van der Waals surface area contributed by atoms with E-state index in [2.05, 4.69) is 9.97 Å². The molecule has 0 saturated carbocycles. The number of nitrogens with zero attached hydrogens (tertiary/aromatic N) is 2. The molecule has 0 aliphatic rings. The van der Waals surface area contributed by atoms with E-state index in [9.17, 15) is 9.59 Å². The number of aryl methyl sites for hydroxylation is 1. The monoisotopic (exact) mass is 406 g/mol. The molecule has 0 saturated heterocycles. The number of aromatic nitrogens is 2. The Balaban J connectivity index is 1.88. The van der Waals surface area contributed by atoms with E-state index >= 15 is 0 Å². The summed E-state index contributed by atoms with van der Waals surface area (Å²) in [7, 11) is 0. The number of H-pyrrole nitrogens is 1. The second-order valence-electron chi connectivity index (χ2n) is 7.71. The predicted octanol–water partition coefficient (Wildman–Crippen LogP) is 3.95. The summed E-state index contributed by atoms with van der Waals surface area (Å²) in [5, 5.41) is 0.548. The summed E-state index contributed by atoms with van der Waals surface area (Å²) in [5.41, 5.74) is 7.77. The average molecular weight is 407 g/mol. The SMILES string of the molecule is Cc1ccc(C(=O)N(CCCCCCN)[C@H](C)c2nc3ccccc3c(=O)[nH]2)cc1. The number of fused-ring (bicyclic) bond motifs is 1. The number of nitrogens with two attached hydrogens (primary N) is 1. The lowest BCUT2D eigenvalue weighted by Crippen LogP contribution is -2.36. The number of carbonyl (C=O) groups excluding carboxylic acids is 1. The summed E-state index contributed by atoms with van der Waals surface area (Å²) < 4.78 is 0. The van der Waals surface area contributed by atoms with Gasteiger partial charge >= 0.3 is 0 Å². The van der Waals surface area contributed by atoms with Gasteiger partial charge in [-0.3, -0.25) is 9.59 Å². The van der Waals surface area contributed by atoms with Crippen molar-refractivity contribution in [3.05, 3.63) is 75.8 Å².